The fourth-order valence-corrected chi connectivity index (χ4v) is 3.88. The summed E-state index contributed by atoms with van der Waals surface area (Å²) in [6.07, 6.45) is 6.76. The highest BCUT2D eigenvalue weighted by Crippen LogP contribution is 2.30. The van der Waals surface area contributed by atoms with E-state index in [1.807, 2.05) is 13.0 Å². The van der Waals surface area contributed by atoms with Crippen LogP contribution in [0.15, 0.2) is 18.5 Å². The first-order chi connectivity index (χ1) is 13.8. The van der Waals surface area contributed by atoms with Gasteiger partial charge in [0.25, 0.3) is 5.91 Å². The SMILES string of the molecule is Cc1cncc(NCC2CCC(NC(=O)c3c(F)c(C)c(F)c(F)c3Cl)CC2)c1. The van der Waals surface area contributed by atoms with E-state index in [9.17, 15) is 18.0 Å². The number of rotatable bonds is 5. The third kappa shape index (κ3) is 4.83. The molecule has 0 saturated heterocycles. The Hall–Kier alpha value is -2.28. The van der Waals surface area contributed by atoms with E-state index >= 15 is 0 Å². The quantitative estimate of drug-likeness (QED) is 0.513. The number of halogens is 4. The number of aromatic nitrogens is 1. The maximum absolute atomic E-state index is 14.3. The fraction of sp³-hybridized carbons (Fsp3) is 0.429. The Bertz CT molecular complexity index is 885. The summed E-state index contributed by atoms with van der Waals surface area (Å²) in [5, 5.41) is 5.26. The van der Waals surface area contributed by atoms with E-state index < -0.39 is 39.5 Å². The topological polar surface area (TPSA) is 54.0 Å². The van der Waals surface area contributed by atoms with Gasteiger partial charge in [0, 0.05) is 30.5 Å². The first-order valence-electron chi connectivity index (χ1n) is 9.56. The largest absolute Gasteiger partial charge is 0.384 e. The Morgan fingerprint density at radius 2 is 1.79 bits per heavy atom. The predicted molar refractivity (Wildman–Crippen MR) is 107 cm³/mol. The maximum atomic E-state index is 14.3. The van der Waals surface area contributed by atoms with E-state index in [-0.39, 0.29) is 6.04 Å². The molecule has 0 atom stereocenters. The third-order valence-electron chi connectivity index (χ3n) is 5.36. The monoisotopic (exact) mass is 425 g/mol. The number of nitrogens with zero attached hydrogens (tertiary/aromatic N) is 1. The van der Waals surface area contributed by atoms with E-state index in [4.69, 9.17) is 11.6 Å². The second kappa shape index (κ2) is 9.03. The van der Waals surface area contributed by atoms with E-state index in [0.29, 0.717) is 18.8 Å². The summed E-state index contributed by atoms with van der Waals surface area (Å²) in [6.45, 7) is 3.85. The van der Waals surface area contributed by atoms with Crippen LogP contribution < -0.4 is 10.6 Å². The highest BCUT2D eigenvalue weighted by atomic mass is 35.5. The van der Waals surface area contributed by atoms with Gasteiger partial charge in [0.2, 0.25) is 0 Å². The molecule has 1 amide bonds. The van der Waals surface area contributed by atoms with Crippen molar-refractivity contribution in [2.75, 3.05) is 11.9 Å². The molecule has 1 fully saturated rings. The molecule has 2 aromatic rings. The number of nitrogens with one attached hydrogen (secondary N) is 2. The van der Waals surface area contributed by atoms with Crippen molar-refractivity contribution >= 4 is 23.2 Å². The molecule has 1 aromatic carbocycles. The summed E-state index contributed by atoms with van der Waals surface area (Å²) in [7, 11) is 0. The van der Waals surface area contributed by atoms with Crippen LogP contribution in [0.5, 0.6) is 0 Å². The lowest BCUT2D eigenvalue weighted by molar-refractivity contribution is 0.0918. The van der Waals surface area contributed by atoms with E-state index in [1.54, 1.807) is 12.4 Å². The van der Waals surface area contributed by atoms with Gasteiger partial charge in [0.15, 0.2) is 11.6 Å². The van der Waals surface area contributed by atoms with Gasteiger partial charge < -0.3 is 10.6 Å². The van der Waals surface area contributed by atoms with E-state index in [2.05, 4.69) is 15.6 Å². The zero-order valence-electron chi connectivity index (χ0n) is 16.3. The minimum Gasteiger partial charge on any atom is -0.384 e. The number of pyridine rings is 1. The third-order valence-corrected chi connectivity index (χ3v) is 5.72. The highest BCUT2D eigenvalue weighted by molar-refractivity contribution is 6.34. The summed E-state index contributed by atoms with van der Waals surface area (Å²) in [5.41, 5.74) is 0.857. The van der Waals surface area contributed by atoms with Gasteiger partial charge in [-0.05, 0) is 57.1 Å². The van der Waals surface area contributed by atoms with Gasteiger partial charge in [0.05, 0.1) is 16.3 Å². The number of carbonyl (C=O) groups excluding carboxylic acids is 1. The molecule has 0 unspecified atom stereocenters. The van der Waals surface area contributed by atoms with Crippen LogP contribution in [0.4, 0.5) is 18.9 Å². The van der Waals surface area contributed by atoms with Crippen LogP contribution in [0.1, 0.15) is 47.2 Å². The molecule has 0 spiro atoms. The second-order valence-corrected chi connectivity index (χ2v) is 7.96. The van der Waals surface area contributed by atoms with Gasteiger partial charge >= 0.3 is 0 Å². The molecule has 1 aromatic heterocycles. The average Bonchev–Trinajstić information content (AvgIpc) is 2.70. The van der Waals surface area contributed by atoms with Crippen molar-refractivity contribution < 1.29 is 18.0 Å². The zero-order valence-corrected chi connectivity index (χ0v) is 17.0. The minimum absolute atomic E-state index is 0.164. The molecular weight excluding hydrogens is 403 g/mol. The second-order valence-electron chi connectivity index (χ2n) is 7.58. The summed E-state index contributed by atoms with van der Waals surface area (Å²) >= 11 is 5.69. The number of hydrogen-bond donors (Lipinski definition) is 2. The highest BCUT2D eigenvalue weighted by Gasteiger charge is 2.29. The minimum atomic E-state index is -1.41. The van der Waals surface area contributed by atoms with Crippen LogP contribution >= 0.6 is 11.6 Å². The Labute approximate surface area is 172 Å². The molecule has 1 aliphatic rings. The van der Waals surface area contributed by atoms with Gasteiger partial charge in [-0.15, -0.1) is 0 Å². The van der Waals surface area contributed by atoms with Gasteiger partial charge in [-0.2, -0.15) is 0 Å². The number of anilines is 1. The van der Waals surface area contributed by atoms with Crippen molar-refractivity contribution in [3.8, 4) is 0 Å². The fourth-order valence-electron chi connectivity index (χ4n) is 3.63. The Morgan fingerprint density at radius 1 is 1.10 bits per heavy atom. The van der Waals surface area contributed by atoms with Crippen molar-refractivity contribution in [1.29, 1.82) is 0 Å². The lowest BCUT2D eigenvalue weighted by atomic mass is 9.86. The molecule has 2 N–H and O–H groups in total. The number of aryl methyl sites for hydroxylation is 1. The molecule has 29 heavy (non-hydrogen) atoms. The van der Waals surface area contributed by atoms with Gasteiger partial charge in [0.1, 0.15) is 5.82 Å². The molecule has 0 radical (unpaired) electrons. The van der Waals surface area contributed by atoms with Crippen molar-refractivity contribution in [2.45, 2.75) is 45.6 Å². The molecule has 1 aliphatic carbocycles. The van der Waals surface area contributed by atoms with Crippen molar-refractivity contribution in [3.05, 3.63) is 57.6 Å². The molecule has 0 bridgehead atoms. The molecule has 0 aliphatic heterocycles. The van der Waals surface area contributed by atoms with Crippen LogP contribution in [-0.4, -0.2) is 23.5 Å². The van der Waals surface area contributed by atoms with Gasteiger partial charge in [-0.3, -0.25) is 9.78 Å². The summed E-state index contributed by atoms with van der Waals surface area (Å²) < 4.78 is 41.7. The van der Waals surface area contributed by atoms with Crippen molar-refractivity contribution in [1.82, 2.24) is 10.3 Å². The number of carbonyl (C=O) groups is 1. The molecule has 3 rings (SSSR count). The lowest BCUT2D eigenvalue weighted by Crippen LogP contribution is -2.39. The summed E-state index contributed by atoms with van der Waals surface area (Å²) in [5.74, 6) is -4.29. The van der Waals surface area contributed by atoms with Crippen LogP contribution in [0.3, 0.4) is 0 Å². The van der Waals surface area contributed by atoms with Gasteiger partial charge in [-0.1, -0.05) is 11.6 Å². The van der Waals surface area contributed by atoms with Gasteiger partial charge in [-0.25, -0.2) is 13.2 Å². The van der Waals surface area contributed by atoms with E-state index in [1.165, 1.54) is 0 Å². The predicted octanol–water partition coefficient (Wildman–Crippen LogP) is 5.17. The van der Waals surface area contributed by atoms with Crippen molar-refractivity contribution in [3.63, 3.8) is 0 Å². The lowest BCUT2D eigenvalue weighted by Gasteiger charge is -2.29. The zero-order chi connectivity index (χ0) is 21.1. The van der Waals surface area contributed by atoms with Crippen LogP contribution in [0.25, 0.3) is 0 Å². The first-order valence-corrected chi connectivity index (χ1v) is 9.94. The molecular formula is C21H23ClF3N3O. The van der Waals surface area contributed by atoms with Crippen molar-refractivity contribution in [2.24, 2.45) is 5.92 Å². The maximum Gasteiger partial charge on any atom is 0.256 e. The Balaban J connectivity index is 1.55. The average molecular weight is 426 g/mol. The molecule has 4 nitrogen and oxygen atoms in total. The molecule has 8 heteroatoms. The smallest absolute Gasteiger partial charge is 0.256 e. The number of amides is 1. The first kappa shape index (κ1) is 21.4. The van der Waals surface area contributed by atoms with Crippen LogP contribution in [0, 0.1) is 37.2 Å². The van der Waals surface area contributed by atoms with Crippen LogP contribution in [-0.2, 0) is 0 Å². The normalized spacial score (nSPS) is 19.1. The van der Waals surface area contributed by atoms with Crippen LogP contribution in [0.2, 0.25) is 5.02 Å². The Kier molecular flexibility index (Phi) is 6.67. The Morgan fingerprint density at radius 3 is 2.45 bits per heavy atom. The molecule has 156 valence electrons. The van der Waals surface area contributed by atoms with E-state index in [0.717, 1.165) is 37.6 Å². The standard InChI is InChI=1S/C21H23ClF3N3O/c1-11-7-15(10-26-8-11)27-9-13-3-5-14(6-4-13)28-21(29)16-17(22)20(25)19(24)12(2)18(16)23/h7-8,10,13-14,27H,3-6,9H2,1-2H3,(H,28,29). The summed E-state index contributed by atoms with van der Waals surface area (Å²) in [6, 6.07) is 1.87. The molecule has 1 saturated carbocycles. The molecule has 1 heterocycles. The number of hydrogen-bond acceptors (Lipinski definition) is 3. The summed E-state index contributed by atoms with van der Waals surface area (Å²) in [4.78, 5) is 16.6. The number of benzene rings is 1.